The Hall–Kier alpha value is -2.87. The Bertz CT molecular complexity index is 1250. The molecule has 32 heavy (non-hydrogen) atoms. The lowest BCUT2D eigenvalue weighted by Gasteiger charge is -2.10. The van der Waals surface area contributed by atoms with Gasteiger partial charge >= 0.3 is 0 Å². The molecule has 0 atom stereocenters. The van der Waals surface area contributed by atoms with Crippen LogP contribution in [0.15, 0.2) is 60.8 Å². The van der Waals surface area contributed by atoms with E-state index in [0.717, 1.165) is 22.6 Å². The second kappa shape index (κ2) is 9.73. The lowest BCUT2D eigenvalue weighted by molar-refractivity contribution is 0.659. The zero-order chi connectivity index (χ0) is 22.7. The van der Waals surface area contributed by atoms with E-state index >= 15 is 0 Å². The van der Waals surface area contributed by atoms with Crippen molar-refractivity contribution in [3.63, 3.8) is 0 Å². The first-order chi connectivity index (χ1) is 15.4. The van der Waals surface area contributed by atoms with Crippen LogP contribution in [0.4, 0.5) is 11.5 Å². The maximum atomic E-state index is 6.37. The number of thiocarbonyl (C=S) groups is 1. The van der Waals surface area contributed by atoms with Gasteiger partial charge in [-0.2, -0.15) is 10.2 Å². The topological polar surface area (TPSA) is 59.7 Å². The number of anilines is 2. The molecule has 164 valence electrons. The van der Waals surface area contributed by atoms with Crippen LogP contribution in [0.3, 0.4) is 0 Å². The standard InChI is InChI=1S/C23H22Cl2N6S/c1-15-21(16(2)31(28-15)12-17-8-4-3-5-9-17)26-23(32)27-22-20(25)14-30(29-22)13-18-10-6-7-11-19(18)24/h3-11,14H,12-13H2,1-2H3,(H2,26,27,29,32). The average Bonchev–Trinajstić information content (AvgIpc) is 3.23. The Balaban J connectivity index is 1.44. The first kappa shape index (κ1) is 22.3. The molecular formula is C23H22Cl2N6S. The van der Waals surface area contributed by atoms with Crippen LogP contribution in [0.5, 0.6) is 0 Å². The van der Waals surface area contributed by atoms with Gasteiger partial charge in [-0.25, -0.2) is 0 Å². The van der Waals surface area contributed by atoms with E-state index in [1.807, 2.05) is 61.0 Å². The summed E-state index contributed by atoms with van der Waals surface area (Å²) in [5.41, 5.74) is 4.85. The highest BCUT2D eigenvalue weighted by molar-refractivity contribution is 7.80. The molecule has 0 aliphatic rings. The fourth-order valence-corrected chi connectivity index (χ4v) is 4.00. The Morgan fingerprint density at radius 2 is 1.62 bits per heavy atom. The fraction of sp³-hybridized carbons (Fsp3) is 0.174. The van der Waals surface area contributed by atoms with Gasteiger partial charge in [-0.05, 0) is 43.3 Å². The van der Waals surface area contributed by atoms with Crippen LogP contribution in [-0.2, 0) is 13.1 Å². The molecule has 2 heterocycles. The number of halogens is 2. The van der Waals surface area contributed by atoms with Crippen LogP contribution in [-0.4, -0.2) is 24.7 Å². The first-order valence-electron chi connectivity index (χ1n) is 10.0. The Kier molecular flexibility index (Phi) is 6.79. The summed E-state index contributed by atoms with van der Waals surface area (Å²) >= 11 is 18.1. The lowest BCUT2D eigenvalue weighted by atomic mass is 10.2. The van der Waals surface area contributed by atoms with Crippen molar-refractivity contribution in [3.8, 4) is 0 Å². The molecular weight excluding hydrogens is 463 g/mol. The third-order valence-electron chi connectivity index (χ3n) is 5.03. The Morgan fingerprint density at radius 1 is 0.906 bits per heavy atom. The molecule has 4 rings (SSSR count). The molecule has 4 aromatic rings. The normalized spacial score (nSPS) is 10.9. The van der Waals surface area contributed by atoms with Crippen molar-refractivity contribution in [2.75, 3.05) is 10.6 Å². The highest BCUT2D eigenvalue weighted by Crippen LogP contribution is 2.24. The number of benzene rings is 2. The van der Waals surface area contributed by atoms with Crippen molar-refractivity contribution in [1.82, 2.24) is 19.6 Å². The highest BCUT2D eigenvalue weighted by Gasteiger charge is 2.15. The van der Waals surface area contributed by atoms with Gasteiger partial charge in [0.05, 0.1) is 30.2 Å². The number of rotatable bonds is 6. The fourth-order valence-electron chi connectivity index (χ4n) is 3.40. The molecule has 0 spiro atoms. The molecule has 2 aromatic carbocycles. The summed E-state index contributed by atoms with van der Waals surface area (Å²) < 4.78 is 3.68. The molecule has 2 N–H and O–H groups in total. The van der Waals surface area contributed by atoms with Crippen molar-refractivity contribution < 1.29 is 0 Å². The van der Waals surface area contributed by atoms with Gasteiger partial charge in [0.25, 0.3) is 0 Å². The van der Waals surface area contributed by atoms with Gasteiger partial charge < -0.3 is 10.6 Å². The van der Waals surface area contributed by atoms with Crippen LogP contribution in [0, 0.1) is 13.8 Å². The molecule has 9 heteroatoms. The van der Waals surface area contributed by atoms with E-state index in [0.29, 0.717) is 34.1 Å². The number of nitrogens with one attached hydrogen (secondary N) is 2. The van der Waals surface area contributed by atoms with Crippen molar-refractivity contribution in [3.05, 3.63) is 93.4 Å². The minimum absolute atomic E-state index is 0.389. The monoisotopic (exact) mass is 484 g/mol. The first-order valence-corrected chi connectivity index (χ1v) is 11.2. The van der Waals surface area contributed by atoms with Gasteiger partial charge in [0.15, 0.2) is 10.9 Å². The van der Waals surface area contributed by atoms with Crippen LogP contribution < -0.4 is 10.6 Å². The minimum Gasteiger partial charge on any atom is -0.329 e. The molecule has 0 aliphatic heterocycles. The molecule has 0 radical (unpaired) electrons. The van der Waals surface area contributed by atoms with Crippen molar-refractivity contribution >= 4 is 52.0 Å². The summed E-state index contributed by atoms with van der Waals surface area (Å²) in [5, 5.41) is 17.0. The van der Waals surface area contributed by atoms with Crippen molar-refractivity contribution in [2.24, 2.45) is 0 Å². The van der Waals surface area contributed by atoms with Crippen LogP contribution in [0.2, 0.25) is 10.0 Å². The molecule has 0 aliphatic carbocycles. The maximum absolute atomic E-state index is 6.37. The van der Waals surface area contributed by atoms with Gasteiger partial charge in [-0.1, -0.05) is 71.7 Å². The molecule has 0 saturated carbocycles. The summed E-state index contributed by atoms with van der Waals surface area (Å²) in [5.74, 6) is 0.475. The summed E-state index contributed by atoms with van der Waals surface area (Å²) in [4.78, 5) is 0. The van der Waals surface area contributed by atoms with Crippen LogP contribution in [0.1, 0.15) is 22.5 Å². The van der Waals surface area contributed by atoms with Crippen LogP contribution >= 0.6 is 35.4 Å². The van der Waals surface area contributed by atoms with Gasteiger partial charge in [-0.15, -0.1) is 0 Å². The van der Waals surface area contributed by atoms with Gasteiger partial charge in [0, 0.05) is 11.2 Å². The summed E-state index contributed by atoms with van der Waals surface area (Å²) in [7, 11) is 0. The van der Waals surface area contributed by atoms with E-state index in [1.54, 1.807) is 10.9 Å². The quantitative estimate of drug-likeness (QED) is 0.333. The molecule has 0 unspecified atom stereocenters. The third kappa shape index (κ3) is 5.12. The minimum atomic E-state index is 0.389. The second-order valence-corrected chi connectivity index (χ2v) is 8.61. The van der Waals surface area contributed by atoms with Gasteiger partial charge in [0.2, 0.25) is 0 Å². The van der Waals surface area contributed by atoms with E-state index in [9.17, 15) is 0 Å². The van der Waals surface area contributed by atoms with Crippen molar-refractivity contribution in [2.45, 2.75) is 26.9 Å². The number of hydrogen-bond donors (Lipinski definition) is 2. The third-order valence-corrected chi connectivity index (χ3v) is 5.88. The predicted octanol–water partition coefficient (Wildman–Crippen LogP) is 5.91. The van der Waals surface area contributed by atoms with Crippen molar-refractivity contribution in [1.29, 1.82) is 0 Å². The van der Waals surface area contributed by atoms with E-state index in [-0.39, 0.29) is 0 Å². The number of nitrogens with zero attached hydrogens (tertiary/aromatic N) is 4. The zero-order valence-corrected chi connectivity index (χ0v) is 20.0. The van der Waals surface area contributed by atoms with Crippen LogP contribution in [0.25, 0.3) is 0 Å². The summed E-state index contributed by atoms with van der Waals surface area (Å²) in [6.07, 6.45) is 1.74. The SMILES string of the molecule is Cc1nn(Cc2ccccc2)c(C)c1NC(=S)Nc1nn(Cc2ccccc2Cl)cc1Cl. The second-order valence-electron chi connectivity index (χ2n) is 7.38. The maximum Gasteiger partial charge on any atom is 0.176 e. The zero-order valence-electron chi connectivity index (χ0n) is 17.6. The Labute approximate surface area is 202 Å². The molecule has 0 fully saturated rings. The Morgan fingerprint density at radius 3 is 2.38 bits per heavy atom. The largest absolute Gasteiger partial charge is 0.329 e. The molecule has 6 nitrogen and oxygen atoms in total. The van der Waals surface area contributed by atoms with E-state index in [1.165, 1.54) is 5.56 Å². The summed E-state index contributed by atoms with van der Waals surface area (Å²) in [6, 6.07) is 17.8. The lowest BCUT2D eigenvalue weighted by Crippen LogP contribution is -2.20. The number of aryl methyl sites for hydroxylation is 1. The summed E-state index contributed by atoms with van der Waals surface area (Å²) in [6.45, 7) is 5.16. The predicted molar refractivity (Wildman–Crippen MR) is 135 cm³/mol. The number of hydrogen-bond acceptors (Lipinski definition) is 3. The molecule has 2 aromatic heterocycles. The van der Waals surface area contributed by atoms with Gasteiger partial charge in [-0.3, -0.25) is 9.36 Å². The molecule has 0 bridgehead atoms. The van der Waals surface area contributed by atoms with E-state index < -0.39 is 0 Å². The molecule has 0 amide bonds. The smallest absolute Gasteiger partial charge is 0.176 e. The average molecular weight is 485 g/mol. The number of aromatic nitrogens is 4. The molecule has 0 saturated heterocycles. The van der Waals surface area contributed by atoms with E-state index in [4.69, 9.17) is 35.4 Å². The highest BCUT2D eigenvalue weighted by atomic mass is 35.5. The van der Waals surface area contributed by atoms with Gasteiger partial charge in [0.1, 0.15) is 5.02 Å². The van der Waals surface area contributed by atoms with E-state index in [2.05, 4.69) is 33.0 Å².